The largest absolute Gasteiger partial charge is 0.392 e. The summed E-state index contributed by atoms with van der Waals surface area (Å²) in [5.74, 6) is -1.16. The zero-order chi connectivity index (χ0) is 10.9. The number of hydrogen-bond acceptors (Lipinski definition) is 4. The SMILES string of the molecule is N[C@@]1(c2ccccc2)CCC(=O)OC1=O. The molecule has 1 aliphatic heterocycles. The normalized spacial score (nSPS) is 26.2. The van der Waals surface area contributed by atoms with Gasteiger partial charge in [0.15, 0.2) is 0 Å². The molecule has 2 N–H and O–H groups in total. The second-order valence-electron chi connectivity index (χ2n) is 3.60. The van der Waals surface area contributed by atoms with E-state index in [4.69, 9.17) is 5.73 Å². The number of rotatable bonds is 1. The van der Waals surface area contributed by atoms with Gasteiger partial charge in [-0.2, -0.15) is 0 Å². The molecule has 0 aliphatic carbocycles. The number of esters is 2. The topological polar surface area (TPSA) is 69.4 Å². The molecule has 1 aromatic rings. The van der Waals surface area contributed by atoms with Gasteiger partial charge >= 0.3 is 11.9 Å². The van der Waals surface area contributed by atoms with Gasteiger partial charge in [0, 0.05) is 6.42 Å². The third-order valence-corrected chi connectivity index (χ3v) is 2.58. The molecule has 4 heteroatoms. The summed E-state index contributed by atoms with van der Waals surface area (Å²) < 4.78 is 4.55. The summed E-state index contributed by atoms with van der Waals surface area (Å²) in [6, 6.07) is 8.96. The lowest BCUT2D eigenvalue weighted by Crippen LogP contribution is -2.50. The van der Waals surface area contributed by atoms with Gasteiger partial charge in [-0.1, -0.05) is 30.3 Å². The van der Waals surface area contributed by atoms with Gasteiger partial charge in [0.1, 0.15) is 5.54 Å². The Morgan fingerprint density at radius 2 is 1.87 bits per heavy atom. The highest BCUT2D eigenvalue weighted by atomic mass is 16.6. The molecule has 1 aromatic carbocycles. The van der Waals surface area contributed by atoms with E-state index in [2.05, 4.69) is 4.74 Å². The molecule has 1 fully saturated rings. The van der Waals surface area contributed by atoms with Gasteiger partial charge < -0.3 is 10.5 Å². The maximum Gasteiger partial charge on any atom is 0.338 e. The molecule has 15 heavy (non-hydrogen) atoms. The number of carbonyl (C=O) groups excluding carboxylic acids is 2. The molecule has 1 aliphatic rings. The molecule has 1 saturated heterocycles. The molecule has 2 rings (SSSR count). The molecular weight excluding hydrogens is 194 g/mol. The molecule has 0 saturated carbocycles. The van der Waals surface area contributed by atoms with Crippen LogP contribution in [0.4, 0.5) is 0 Å². The molecule has 0 radical (unpaired) electrons. The first-order valence-corrected chi connectivity index (χ1v) is 4.72. The van der Waals surface area contributed by atoms with Crippen molar-refractivity contribution in [2.45, 2.75) is 18.4 Å². The third kappa shape index (κ3) is 1.64. The zero-order valence-corrected chi connectivity index (χ0v) is 8.10. The lowest BCUT2D eigenvalue weighted by atomic mass is 9.85. The number of ether oxygens (including phenoxy) is 1. The molecule has 0 spiro atoms. The highest BCUT2D eigenvalue weighted by Gasteiger charge is 2.42. The average Bonchev–Trinajstić information content (AvgIpc) is 2.25. The zero-order valence-electron chi connectivity index (χ0n) is 8.10. The highest BCUT2D eigenvalue weighted by Crippen LogP contribution is 2.29. The number of benzene rings is 1. The highest BCUT2D eigenvalue weighted by molar-refractivity contribution is 5.94. The summed E-state index contributed by atoms with van der Waals surface area (Å²) in [4.78, 5) is 22.5. The molecule has 0 amide bonds. The molecule has 1 heterocycles. The van der Waals surface area contributed by atoms with Crippen molar-refractivity contribution in [2.24, 2.45) is 5.73 Å². The maximum absolute atomic E-state index is 11.6. The second kappa shape index (κ2) is 3.47. The van der Waals surface area contributed by atoms with Crippen molar-refractivity contribution >= 4 is 11.9 Å². The lowest BCUT2D eigenvalue weighted by molar-refractivity contribution is -0.169. The standard InChI is InChI=1S/C11H11NO3/c12-11(8-4-2-1-3-5-8)7-6-9(13)15-10(11)14/h1-5H,6-7,12H2/t11-/m1/s1. The van der Waals surface area contributed by atoms with Gasteiger partial charge in [-0.3, -0.25) is 4.79 Å². The molecule has 4 nitrogen and oxygen atoms in total. The van der Waals surface area contributed by atoms with E-state index < -0.39 is 17.5 Å². The number of cyclic esters (lactones) is 2. The van der Waals surface area contributed by atoms with Gasteiger partial charge in [-0.15, -0.1) is 0 Å². The predicted octanol–water partition coefficient (Wildman–Crippen LogP) is 0.704. The van der Waals surface area contributed by atoms with Gasteiger partial charge in [0.05, 0.1) is 0 Å². The van der Waals surface area contributed by atoms with Crippen molar-refractivity contribution in [3.63, 3.8) is 0 Å². The van der Waals surface area contributed by atoms with Crippen LogP contribution in [0.3, 0.4) is 0 Å². The molecule has 0 unspecified atom stereocenters. The molecule has 78 valence electrons. The van der Waals surface area contributed by atoms with Gasteiger partial charge in [-0.25, -0.2) is 4.79 Å². The summed E-state index contributed by atoms with van der Waals surface area (Å²) in [5, 5.41) is 0. The molecule has 1 atom stereocenters. The van der Waals surface area contributed by atoms with Crippen LogP contribution in [0.2, 0.25) is 0 Å². The van der Waals surface area contributed by atoms with Crippen LogP contribution in [0, 0.1) is 0 Å². The van der Waals surface area contributed by atoms with Crippen LogP contribution in [-0.4, -0.2) is 11.9 Å². The fourth-order valence-electron chi connectivity index (χ4n) is 1.64. The van der Waals surface area contributed by atoms with Crippen LogP contribution in [-0.2, 0) is 19.9 Å². The lowest BCUT2D eigenvalue weighted by Gasteiger charge is -2.30. The van der Waals surface area contributed by atoms with E-state index in [-0.39, 0.29) is 6.42 Å². The van der Waals surface area contributed by atoms with E-state index in [9.17, 15) is 9.59 Å². The van der Waals surface area contributed by atoms with E-state index in [0.29, 0.717) is 12.0 Å². The third-order valence-electron chi connectivity index (χ3n) is 2.58. The number of nitrogens with two attached hydrogens (primary N) is 1. The fourth-order valence-corrected chi connectivity index (χ4v) is 1.64. The van der Waals surface area contributed by atoms with E-state index in [0.717, 1.165) is 0 Å². The Bertz CT molecular complexity index is 402. The van der Waals surface area contributed by atoms with Crippen LogP contribution >= 0.6 is 0 Å². The number of carbonyl (C=O) groups is 2. The van der Waals surface area contributed by atoms with E-state index in [1.54, 1.807) is 24.3 Å². The Labute approximate surface area is 87.0 Å². The second-order valence-corrected chi connectivity index (χ2v) is 3.60. The van der Waals surface area contributed by atoms with Crippen LogP contribution in [0.5, 0.6) is 0 Å². The van der Waals surface area contributed by atoms with Gasteiger partial charge in [-0.05, 0) is 12.0 Å². The smallest absolute Gasteiger partial charge is 0.338 e. The Kier molecular flexibility index (Phi) is 2.28. The first-order valence-electron chi connectivity index (χ1n) is 4.72. The summed E-state index contributed by atoms with van der Waals surface area (Å²) in [7, 11) is 0. The van der Waals surface area contributed by atoms with Crippen LogP contribution in [0.1, 0.15) is 18.4 Å². The van der Waals surface area contributed by atoms with Crippen molar-refractivity contribution in [1.82, 2.24) is 0 Å². The van der Waals surface area contributed by atoms with Crippen molar-refractivity contribution < 1.29 is 14.3 Å². The monoisotopic (exact) mass is 205 g/mol. The molecule has 0 aromatic heterocycles. The van der Waals surface area contributed by atoms with E-state index in [1.807, 2.05) is 6.07 Å². The summed E-state index contributed by atoms with van der Waals surface area (Å²) in [6.45, 7) is 0. The van der Waals surface area contributed by atoms with Crippen molar-refractivity contribution in [3.8, 4) is 0 Å². The Morgan fingerprint density at radius 1 is 1.20 bits per heavy atom. The van der Waals surface area contributed by atoms with E-state index >= 15 is 0 Å². The summed E-state index contributed by atoms with van der Waals surface area (Å²) in [5.41, 5.74) is 5.47. The first-order chi connectivity index (χ1) is 7.13. The molecular formula is C11H11NO3. The summed E-state index contributed by atoms with van der Waals surface area (Å²) >= 11 is 0. The van der Waals surface area contributed by atoms with Crippen molar-refractivity contribution in [3.05, 3.63) is 35.9 Å². The Morgan fingerprint density at radius 3 is 2.47 bits per heavy atom. The minimum Gasteiger partial charge on any atom is -0.392 e. The quantitative estimate of drug-likeness (QED) is 0.541. The Hall–Kier alpha value is -1.68. The van der Waals surface area contributed by atoms with Crippen molar-refractivity contribution in [1.29, 1.82) is 0 Å². The summed E-state index contributed by atoms with van der Waals surface area (Å²) in [6.07, 6.45) is 0.478. The van der Waals surface area contributed by atoms with Crippen LogP contribution in [0.25, 0.3) is 0 Å². The maximum atomic E-state index is 11.6. The van der Waals surface area contributed by atoms with Crippen LogP contribution < -0.4 is 5.73 Å². The van der Waals surface area contributed by atoms with Crippen molar-refractivity contribution in [2.75, 3.05) is 0 Å². The van der Waals surface area contributed by atoms with Crippen LogP contribution in [0.15, 0.2) is 30.3 Å². The van der Waals surface area contributed by atoms with Gasteiger partial charge in [0.25, 0.3) is 0 Å². The minimum atomic E-state index is -1.17. The Balaban J connectivity index is 2.35. The molecule has 0 bridgehead atoms. The first kappa shape index (κ1) is 9.86. The predicted molar refractivity (Wildman–Crippen MR) is 52.6 cm³/mol. The van der Waals surface area contributed by atoms with Gasteiger partial charge in [0.2, 0.25) is 0 Å². The van der Waals surface area contributed by atoms with E-state index in [1.165, 1.54) is 0 Å². The minimum absolute atomic E-state index is 0.178. The fraction of sp³-hybridized carbons (Fsp3) is 0.273. The average molecular weight is 205 g/mol. The number of hydrogen-bond donors (Lipinski definition) is 1.